The van der Waals surface area contributed by atoms with Crippen LogP contribution in [-0.4, -0.2) is 15.0 Å². The summed E-state index contributed by atoms with van der Waals surface area (Å²) in [6, 6.07) is 61.1. The van der Waals surface area contributed by atoms with Gasteiger partial charge in [0.1, 0.15) is 11.2 Å². The van der Waals surface area contributed by atoms with Crippen molar-refractivity contribution in [3.05, 3.63) is 176 Å². The molecular weight excluding hydrogens is 623 g/mol. The van der Waals surface area contributed by atoms with Crippen LogP contribution in [-0.2, 0) is 0 Å². The van der Waals surface area contributed by atoms with E-state index in [2.05, 4.69) is 133 Å². The van der Waals surface area contributed by atoms with Crippen molar-refractivity contribution in [2.24, 2.45) is 0 Å². The molecule has 0 aliphatic heterocycles. The zero-order valence-electron chi connectivity index (χ0n) is 27.5. The summed E-state index contributed by atoms with van der Waals surface area (Å²) < 4.78 is 6.47. The van der Waals surface area contributed by atoms with Gasteiger partial charge < -0.3 is 4.42 Å². The molecule has 0 amide bonds. The van der Waals surface area contributed by atoms with Crippen LogP contribution in [0.25, 0.3) is 99.9 Å². The Kier molecular flexibility index (Phi) is 6.78. The van der Waals surface area contributed by atoms with Crippen LogP contribution >= 0.6 is 0 Å². The summed E-state index contributed by atoms with van der Waals surface area (Å²) in [4.78, 5) is 15.4. The maximum atomic E-state index is 6.47. The van der Waals surface area contributed by atoms with Crippen LogP contribution in [0.1, 0.15) is 0 Å². The molecule has 0 saturated heterocycles. The molecule has 10 rings (SSSR count). The van der Waals surface area contributed by atoms with Gasteiger partial charge in [-0.2, -0.15) is 0 Å². The number of nitrogens with zero attached hydrogens (tertiary/aromatic N) is 3. The summed E-state index contributed by atoms with van der Waals surface area (Å²) in [6.07, 6.45) is 0. The van der Waals surface area contributed by atoms with Crippen molar-refractivity contribution < 1.29 is 4.42 Å². The van der Waals surface area contributed by atoms with Crippen molar-refractivity contribution in [3.8, 4) is 56.4 Å². The molecule has 0 fully saturated rings. The number of aromatic nitrogens is 3. The fraction of sp³-hybridized carbons (Fsp3) is 0. The number of hydrogen-bond donors (Lipinski definition) is 0. The predicted molar refractivity (Wildman–Crippen MR) is 209 cm³/mol. The molecule has 0 aliphatic rings. The van der Waals surface area contributed by atoms with Gasteiger partial charge in [-0.25, -0.2) is 15.0 Å². The van der Waals surface area contributed by atoms with Crippen LogP contribution in [0.3, 0.4) is 0 Å². The number of rotatable bonds is 5. The highest BCUT2D eigenvalue weighted by Gasteiger charge is 2.19. The van der Waals surface area contributed by atoms with Crippen LogP contribution in [0, 0.1) is 0 Å². The smallest absolute Gasteiger partial charge is 0.164 e. The van der Waals surface area contributed by atoms with E-state index in [0.717, 1.165) is 49.8 Å². The minimum atomic E-state index is 0.597. The molecule has 8 aromatic carbocycles. The Morgan fingerprint density at radius 1 is 0.314 bits per heavy atom. The van der Waals surface area contributed by atoms with E-state index >= 15 is 0 Å². The molecule has 0 atom stereocenters. The molecule has 0 saturated carbocycles. The van der Waals surface area contributed by atoms with Crippen LogP contribution in [0.2, 0.25) is 0 Å². The monoisotopic (exact) mass is 651 g/mol. The molecule has 51 heavy (non-hydrogen) atoms. The molecule has 4 heteroatoms. The quantitative estimate of drug-likeness (QED) is 0.174. The van der Waals surface area contributed by atoms with Crippen molar-refractivity contribution in [3.63, 3.8) is 0 Å². The van der Waals surface area contributed by atoms with E-state index in [-0.39, 0.29) is 0 Å². The third-order valence-electron chi connectivity index (χ3n) is 9.73. The van der Waals surface area contributed by atoms with Gasteiger partial charge in [-0.05, 0) is 68.1 Å². The average molecular weight is 652 g/mol. The van der Waals surface area contributed by atoms with Crippen molar-refractivity contribution in [2.75, 3.05) is 0 Å². The molecule has 0 radical (unpaired) electrons. The fourth-order valence-electron chi connectivity index (χ4n) is 7.27. The maximum absolute atomic E-state index is 6.47. The molecule has 4 nitrogen and oxygen atoms in total. The number of furan rings is 1. The molecule has 238 valence electrons. The molecule has 0 bridgehead atoms. The Morgan fingerprint density at radius 3 is 1.69 bits per heavy atom. The van der Waals surface area contributed by atoms with E-state index in [1.165, 1.54) is 32.7 Å². The maximum Gasteiger partial charge on any atom is 0.164 e. The Bertz CT molecular complexity index is 2910. The molecule has 0 unspecified atom stereocenters. The SMILES string of the molecule is c1ccc(-c2nc(-c3ccc4ccc5ccccc5c4c3)nc(-c3cccc4oc5ccc(-c6ccccc6-c6ccccc6)cc5c34)n2)cc1. The van der Waals surface area contributed by atoms with Gasteiger partial charge in [0.2, 0.25) is 0 Å². The molecule has 2 aromatic heterocycles. The minimum absolute atomic E-state index is 0.597. The minimum Gasteiger partial charge on any atom is -0.456 e. The molecule has 0 N–H and O–H groups in total. The Balaban J connectivity index is 1.19. The Labute approximate surface area is 294 Å². The van der Waals surface area contributed by atoms with Gasteiger partial charge in [0.05, 0.1) is 0 Å². The highest BCUT2D eigenvalue weighted by Crippen LogP contribution is 2.40. The highest BCUT2D eigenvalue weighted by molar-refractivity contribution is 6.13. The van der Waals surface area contributed by atoms with E-state index in [1.54, 1.807) is 0 Å². The lowest BCUT2D eigenvalue weighted by atomic mass is 9.93. The predicted octanol–water partition coefficient (Wildman–Crippen LogP) is 12.4. The van der Waals surface area contributed by atoms with E-state index in [0.29, 0.717) is 17.5 Å². The third kappa shape index (κ3) is 5.04. The van der Waals surface area contributed by atoms with Gasteiger partial charge in [0.25, 0.3) is 0 Å². The van der Waals surface area contributed by atoms with Gasteiger partial charge in [-0.1, -0.05) is 152 Å². The third-order valence-corrected chi connectivity index (χ3v) is 9.73. The van der Waals surface area contributed by atoms with Crippen LogP contribution in [0.15, 0.2) is 180 Å². The van der Waals surface area contributed by atoms with Crippen molar-refractivity contribution in [1.29, 1.82) is 0 Å². The molecular formula is C47H29N3O. The second-order valence-corrected chi connectivity index (χ2v) is 12.8. The topological polar surface area (TPSA) is 51.8 Å². The zero-order chi connectivity index (χ0) is 33.7. The lowest BCUT2D eigenvalue weighted by molar-refractivity contribution is 0.669. The summed E-state index contributed by atoms with van der Waals surface area (Å²) >= 11 is 0. The van der Waals surface area contributed by atoms with E-state index in [1.807, 2.05) is 42.5 Å². The lowest BCUT2D eigenvalue weighted by Crippen LogP contribution is -2.00. The van der Waals surface area contributed by atoms with Crippen molar-refractivity contribution in [2.45, 2.75) is 0 Å². The van der Waals surface area contributed by atoms with Crippen LogP contribution in [0.4, 0.5) is 0 Å². The number of fused-ring (bicyclic) bond motifs is 6. The normalized spacial score (nSPS) is 11.5. The fourth-order valence-corrected chi connectivity index (χ4v) is 7.27. The molecule has 2 heterocycles. The van der Waals surface area contributed by atoms with E-state index < -0.39 is 0 Å². The summed E-state index contributed by atoms with van der Waals surface area (Å²) in [6.45, 7) is 0. The average Bonchev–Trinajstić information content (AvgIpc) is 3.59. The Hall–Kier alpha value is -6.91. The van der Waals surface area contributed by atoms with Crippen LogP contribution < -0.4 is 0 Å². The van der Waals surface area contributed by atoms with Gasteiger partial charge in [-0.3, -0.25) is 0 Å². The van der Waals surface area contributed by atoms with Gasteiger partial charge in [-0.15, -0.1) is 0 Å². The highest BCUT2D eigenvalue weighted by atomic mass is 16.3. The first-order chi connectivity index (χ1) is 25.3. The number of hydrogen-bond acceptors (Lipinski definition) is 4. The lowest BCUT2D eigenvalue weighted by Gasteiger charge is -2.11. The van der Waals surface area contributed by atoms with E-state index in [4.69, 9.17) is 19.4 Å². The van der Waals surface area contributed by atoms with Crippen LogP contribution in [0.5, 0.6) is 0 Å². The second kappa shape index (κ2) is 11.9. The Morgan fingerprint density at radius 2 is 0.882 bits per heavy atom. The summed E-state index contributed by atoms with van der Waals surface area (Å²) in [7, 11) is 0. The van der Waals surface area contributed by atoms with Gasteiger partial charge in [0, 0.05) is 27.5 Å². The molecule has 0 aliphatic carbocycles. The first kappa shape index (κ1) is 29.0. The van der Waals surface area contributed by atoms with Gasteiger partial charge in [0.15, 0.2) is 17.5 Å². The molecule has 0 spiro atoms. The first-order valence-electron chi connectivity index (χ1n) is 17.1. The molecule has 10 aromatic rings. The summed E-state index contributed by atoms with van der Waals surface area (Å²) in [5.74, 6) is 1.84. The second-order valence-electron chi connectivity index (χ2n) is 12.8. The number of benzene rings is 8. The summed E-state index contributed by atoms with van der Waals surface area (Å²) in [5, 5.41) is 6.74. The zero-order valence-corrected chi connectivity index (χ0v) is 27.5. The van der Waals surface area contributed by atoms with Gasteiger partial charge >= 0.3 is 0 Å². The summed E-state index contributed by atoms with van der Waals surface area (Å²) in [5.41, 5.74) is 9.00. The first-order valence-corrected chi connectivity index (χ1v) is 17.1. The standard InChI is InChI=1S/C47H29N3O/c1-3-12-30(13-4-1)36-17-9-10-19-38(36)34-26-27-42-41(28-34)44-39(20-11-21-43(44)51-42)47-49-45(33-15-5-2-6-16-33)48-46(50-47)35-25-24-32-23-22-31-14-7-8-18-37(31)40(32)29-35/h1-29H. The van der Waals surface area contributed by atoms with Crippen molar-refractivity contribution in [1.82, 2.24) is 15.0 Å². The largest absolute Gasteiger partial charge is 0.456 e. The van der Waals surface area contributed by atoms with Crippen molar-refractivity contribution >= 4 is 43.5 Å². The van der Waals surface area contributed by atoms with E-state index in [9.17, 15) is 0 Å².